The maximum absolute atomic E-state index is 14.1. The molecular formula is C27H28N6O7S3. The van der Waals surface area contributed by atoms with Gasteiger partial charge in [-0.3, -0.25) is 14.5 Å². The summed E-state index contributed by atoms with van der Waals surface area (Å²) >= 11 is 2.56. The van der Waals surface area contributed by atoms with Crippen LogP contribution in [0.1, 0.15) is 17.2 Å². The number of nitrogens with zero attached hydrogens (tertiary/aromatic N) is 5. The van der Waals surface area contributed by atoms with Gasteiger partial charge in [0.2, 0.25) is 11.1 Å². The van der Waals surface area contributed by atoms with Crippen LogP contribution in [0.4, 0.5) is 0 Å². The normalized spacial score (nSPS) is 20.0. The van der Waals surface area contributed by atoms with Crippen LogP contribution in [0, 0.1) is 0 Å². The Morgan fingerprint density at radius 1 is 1.14 bits per heavy atom. The third kappa shape index (κ3) is 6.32. The van der Waals surface area contributed by atoms with E-state index in [1.165, 1.54) is 40.2 Å². The smallest absolute Gasteiger partial charge is 0.356 e. The Morgan fingerprint density at radius 3 is 2.30 bits per heavy atom. The number of rotatable bonds is 11. The molecule has 3 heterocycles. The van der Waals surface area contributed by atoms with Gasteiger partial charge in [0.15, 0.2) is 15.9 Å². The fraction of sp³-hybridized carbons (Fsp3) is 0.333. The van der Waals surface area contributed by atoms with E-state index in [4.69, 9.17) is 9.47 Å². The number of nitrogens with one attached hydrogen (secondary N) is 1. The molecule has 1 saturated heterocycles. The van der Waals surface area contributed by atoms with Crippen LogP contribution in [0.5, 0.6) is 0 Å². The SMILES string of the molecule is CO[C@@]1(NC(=O)CS(C)(=O)=O)C(=O)N2C(C(=O)OC(c3ccccc3)c3ccccc3)=C(CSc3nnnn3C)CS[C@H]21. The molecule has 43 heavy (non-hydrogen) atoms. The monoisotopic (exact) mass is 644 g/mol. The van der Waals surface area contributed by atoms with Crippen molar-refractivity contribution in [1.29, 1.82) is 0 Å². The summed E-state index contributed by atoms with van der Waals surface area (Å²) in [5.41, 5.74) is 0.236. The fourth-order valence-corrected chi connectivity index (χ4v) is 7.74. The number of esters is 1. The quantitative estimate of drug-likeness (QED) is 0.138. The Bertz CT molecular complexity index is 1630. The molecule has 0 radical (unpaired) electrons. The summed E-state index contributed by atoms with van der Waals surface area (Å²) in [5, 5.41) is 13.6. The van der Waals surface area contributed by atoms with E-state index in [1.807, 2.05) is 60.7 Å². The van der Waals surface area contributed by atoms with Crippen LogP contribution in [0.25, 0.3) is 0 Å². The van der Waals surface area contributed by atoms with E-state index in [9.17, 15) is 22.8 Å². The number of amides is 2. The van der Waals surface area contributed by atoms with E-state index in [-0.39, 0.29) is 17.2 Å². The van der Waals surface area contributed by atoms with E-state index in [0.717, 1.165) is 17.4 Å². The molecule has 1 aromatic heterocycles. The van der Waals surface area contributed by atoms with Crippen LogP contribution in [-0.2, 0) is 40.7 Å². The number of sulfone groups is 1. The Kier molecular flexibility index (Phi) is 8.91. The zero-order valence-electron chi connectivity index (χ0n) is 23.4. The minimum absolute atomic E-state index is 0.0262. The zero-order chi connectivity index (χ0) is 30.8. The van der Waals surface area contributed by atoms with Crippen LogP contribution in [0.3, 0.4) is 0 Å². The minimum Gasteiger partial charge on any atom is -0.448 e. The molecule has 2 aliphatic heterocycles. The van der Waals surface area contributed by atoms with Crippen LogP contribution >= 0.6 is 23.5 Å². The third-order valence-corrected chi connectivity index (χ3v) is 9.99. The summed E-state index contributed by atoms with van der Waals surface area (Å²) in [6.45, 7) is 0. The van der Waals surface area contributed by atoms with Gasteiger partial charge in [0.05, 0.1) is 0 Å². The molecule has 0 spiro atoms. The molecule has 0 bridgehead atoms. The highest BCUT2D eigenvalue weighted by molar-refractivity contribution is 8.01. The predicted molar refractivity (Wildman–Crippen MR) is 158 cm³/mol. The first-order chi connectivity index (χ1) is 20.5. The molecule has 5 rings (SSSR count). The second-order valence-corrected chi connectivity index (χ2v) is 14.0. The van der Waals surface area contributed by atoms with Crippen LogP contribution < -0.4 is 5.32 Å². The number of benzene rings is 2. The van der Waals surface area contributed by atoms with Crippen LogP contribution in [0.2, 0.25) is 0 Å². The second-order valence-electron chi connectivity index (χ2n) is 9.83. The molecule has 1 N–H and O–H groups in total. The average Bonchev–Trinajstić information content (AvgIpc) is 3.41. The van der Waals surface area contributed by atoms with Gasteiger partial charge in [0, 0.05) is 31.9 Å². The molecule has 1 fully saturated rings. The van der Waals surface area contributed by atoms with Crippen molar-refractivity contribution in [2.45, 2.75) is 22.4 Å². The number of carbonyl (C=O) groups is 3. The number of aryl methyl sites for hydroxylation is 1. The Morgan fingerprint density at radius 2 is 1.77 bits per heavy atom. The molecule has 0 saturated carbocycles. The van der Waals surface area contributed by atoms with Gasteiger partial charge >= 0.3 is 5.97 Å². The molecular weight excluding hydrogens is 617 g/mol. The molecule has 226 valence electrons. The van der Waals surface area contributed by atoms with E-state index in [0.29, 0.717) is 10.7 Å². The molecule has 2 aromatic carbocycles. The van der Waals surface area contributed by atoms with Crippen molar-refractivity contribution in [3.63, 3.8) is 0 Å². The zero-order valence-corrected chi connectivity index (χ0v) is 25.8. The number of ether oxygens (including phenoxy) is 2. The molecule has 2 aliphatic rings. The highest BCUT2D eigenvalue weighted by atomic mass is 32.2. The average molecular weight is 645 g/mol. The van der Waals surface area contributed by atoms with Gasteiger partial charge in [-0.2, -0.15) is 0 Å². The minimum atomic E-state index is -3.67. The summed E-state index contributed by atoms with van der Waals surface area (Å²) in [6.07, 6.45) is 0.143. The van der Waals surface area contributed by atoms with E-state index >= 15 is 0 Å². The number of hydrogen-bond acceptors (Lipinski definition) is 12. The van der Waals surface area contributed by atoms with Crippen molar-refractivity contribution in [2.75, 3.05) is 30.6 Å². The number of tetrazole rings is 1. The molecule has 16 heteroatoms. The van der Waals surface area contributed by atoms with E-state index in [1.54, 1.807) is 7.05 Å². The summed E-state index contributed by atoms with van der Waals surface area (Å²) in [6, 6.07) is 18.5. The summed E-state index contributed by atoms with van der Waals surface area (Å²) < 4.78 is 36.6. The third-order valence-electron chi connectivity index (χ3n) is 6.73. The first kappa shape index (κ1) is 30.7. The van der Waals surface area contributed by atoms with Crippen molar-refractivity contribution in [2.24, 2.45) is 7.05 Å². The second kappa shape index (κ2) is 12.5. The van der Waals surface area contributed by atoms with Crippen molar-refractivity contribution in [1.82, 2.24) is 30.4 Å². The van der Waals surface area contributed by atoms with Crippen molar-refractivity contribution >= 4 is 51.1 Å². The summed E-state index contributed by atoms with van der Waals surface area (Å²) in [4.78, 5) is 41.7. The lowest BCUT2D eigenvalue weighted by molar-refractivity contribution is -0.192. The standard InChI is InChI=1S/C27H28N6O7S3/c1-32-26(29-30-31-32)42-15-19-14-41-25-27(39-2,28-20(34)16-43(3,37)38)24(36)33(25)21(19)23(35)40-22(17-10-6-4-7-11-17)18-12-8-5-9-13-18/h4-13,22,25H,14-16H2,1-3H3,(H,28,34)/t25-,27-/m0/s1. The first-order valence-electron chi connectivity index (χ1n) is 12.9. The lowest BCUT2D eigenvalue weighted by Gasteiger charge is -2.56. The highest BCUT2D eigenvalue weighted by Gasteiger charge is 2.66. The van der Waals surface area contributed by atoms with Crippen molar-refractivity contribution in [3.05, 3.63) is 83.1 Å². The molecule has 0 aliphatic carbocycles. The van der Waals surface area contributed by atoms with E-state index in [2.05, 4.69) is 20.8 Å². The van der Waals surface area contributed by atoms with Gasteiger partial charge in [-0.1, -0.05) is 72.4 Å². The molecule has 2 amide bonds. The fourth-order valence-electron chi connectivity index (χ4n) is 4.77. The Balaban J connectivity index is 1.50. The number of carbonyl (C=O) groups excluding carboxylic acids is 3. The van der Waals surface area contributed by atoms with Gasteiger partial charge in [-0.15, -0.1) is 16.9 Å². The molecule has 13 nitrogen and oxygen atoms in total. The van der Waals surface area contributed by atoms with Gasteiger partial charge in [0.25, 0.3) is 11.6 Å². The maximum atomic E-state index is 14.1. The number of methoxy groups -OCH3 is 1. The molecule has 3 aromatic rings. The number of thioether (sulfide) groups is 2. The topological polar surface area (TPSA) is 163 Å². The lowest BCUT2D eigenvalue weighted by atomic mass is 9.98. The van der Waals surface area contributed by atoms with Crippen molar-refractivity contribution in [3.8, 4) is 0 Å². The van der Waals surface area contributed by atoms with Gasteiger partial charge in [-0.05, 0) is 27.1 Å². The summed E-state index contributed by atoms with van der Waals surface area (Å²) in [5.74, 6) is -2.63. The largest absolute Gasteiger partial charge is 0.448 e. The number of aromatic nitrogens is 4. The van der Waals surface area contributed by atoms with Gasteiger partial charge in [0.1, 0.15) is 16.8 Å². The van der Waals surface area contributed by atoms with E-state index < -0.39 is 50.6 Å². The van der Waals surface area contributed by atoms with Gasteiger partial charge < -0.3 is 14.8 Å². The molecule has 0 unspecified atom stereocenters. The number of hydrogen-bond donors (Lipinski definition) is 1. The predicted octanol–water partition coefficient (Wildman–Crippen LogP) is 1.31. The van der Waals surface area contributed by atoms with Gasteiger partial charge in [-0.25, -0.2) is 17.9 Å². The number of β-lactam (4-membered cyclic amide) rings is 1. The summed E-state index contributed by atoms with van der Waals surface area (Å²) in [7, 11) is -0.741. The molecule has 2 atom stereocenters. The maximum Gasteiger partial charge on any atom is 0.356 e. The van der Waals surface area contributed by atoms with Crippen molar-refractivity contribution < 1.29 is 32.3 Å². The van der Waals surface area contributed by atoms with Crippen LogP contribution in [0.15, 0.2) is 77.1 Å². The van der Waals surface area contributed by atoms with Crippen LogP contribution in [-0.4, -0.2) is 93.0 Å². The first-order valence-corrected chi connectivity index (χ1v) is 17.0. The lowest BCUT2D eigenvalue weighted by Crippen LogP contribution is -2.81. The Labute approximate surface area is 256 Å². The number of fused-ring (bicyclic) bond motifs is 1. The highest BCUT2D eigenvalue weighted by Crippen LogP contribution is 2.48. The Hall–Kier alpha value is -3.73.